The lowest BCUT2D eigenvalue weighted by Crippen LogP contribution is -2.28. The summed E-state index contributed by atoms with van der Waals surface area (Å²) in [5, 5.41) is 0. The van der Waals surface area contributed by atoms with Crippen molar-refractivity contribution in [2.75, 3.05) is 13.2 Å². The SMILES string of the molecule is CCOC(=O)C(C(=O)OCC)c1nc(C)cc(C(C)C)n1. The van der Waals surface area contributed by atoms with E-state index in [-0.39, 0.29) is 25.0 Å². The van der Waals surface area contributed by atoms with Crippen molar-refractivity contribution in [1.29, 1.82) is 0 Å². The first kappa shape index (κ1) is 17.1. The van der Waals surface area contributed by atoms with Gasteiger partial charge in [0.1, 0.15) is 0 Å². The van der Waals surface area contributed by atoms with Crippen LogP contribution in [0.5, 0.6) is 0 Å². The van der Waals surface area contributed by atoms with E-state index in [1.165, 1.54) is 0 Å². The number of hydrogen-bond acceptors (Lipinski definition) is 6. The molecule has 0 saturated carbocycles. The van der Waals surface area contributed by atoms with Crippen LogP contribution in [0, 0.1) is 6.92 Å². The zero-order valence-corrected chi connectivity index (χ0v) is 13.2. The van der Waals surface area contributed by atoms with E-state index < -0.39 is 17.9 Å². The van der Waals surface area contributed by atoms with Gasteiger partial charge in [-0.05, 0) is 32.8 Å². The summed E-state index contributed by atoms with van der Waals surface area (Å²) < 4.78 is 9.89. The minimum Gasteiger partial charge on any atom is -0.465 e. The number of carbonyl (C=O) groups excluding carboxylic acids is 2. The molecule has 6 heteroatoms. The molecule has 0 bridgehead atoms. The monoisotopic (exact) mass is 294 g/mol. The van der Waals surface area contributed by atoms with Crippen molar-refractivity contribution in [1.82, 2.24) is 9.97 Å². The molecule has 0 aliphatic rings. The fraction of sp³-hybridized carbons (Fsp3) is 0.600. The van der Waals surface area contributed by atoms with Crippen LogP contribution in [-0.4, -0.2) is 35.1 Å². The molecule has 0 N–H and O–H groups in total. The minimum atomic E-state index is -1.23. The Labute approximate surface area is 124 Å². The van der Waals surface area contributed by atoms with Gasteiger partial charge >= 0.3 is 11.9 Å². The van der Waals surface area contributed by atoms with Gasteiger partial charge < -0.3 is 9.47 Å². The highest BCUT2D eigenvalue weighted by Gasteiger charge is 2.34. The molecule has 1 rings (SSSR count). The van der Waals surface area contributed by atoms with Crippen molar-refractivity contribution >= 4 is 11.9 Å². The number of aryl methyl sites for hydroxylation is 1. The molecule has 1 aromatic rings. The summed E-state index contributed by atoms with van der Waals surface area (Å²) >= 11 is 0. The van der Waals surface area contributed by atoms with E-state index >= 15 is 0 Å². The molecule has 1 aromatic heterocycles. The third-order valence-electron chi connectivity index (χ3n) is 2.79. The second-order valence-corrected chi connectivity index (χ2v) is 4.88. The third-order valence-corrected chi connectivity index (χ3v) is 2.79. The largest absolute Gasteiger partial charge is 0.465 e. The number of nitrogens with zero attached hydrogens (tertiary/aromatic N) is 2. The first-order chi connectivity index (χ1) is 9.90. The fourth-order valence-corrected chi connectivity index (χ4v) is 1.80. The summed E-state index contributed by atoms with van der Waals surface area (Å²) in [5.74, 6) is -2.30. The molecule has 0 spiro atoms. The number of aromatic nitrogens is 2. The average molecular weight is 294 g/mol. The van der Waals surface area contributed by atoms with Crippen LogP contribution in [0.3, 0.4) is 0 Å². The van der Waals surface area contributed by atoms with Crippen LogP contribution in [0.2, 0.25) is 0 Å². The van der Waals surface area contributed by atoms with Gasteiger partial charge in [0.05, 0.1) is 13.2 Å². The molecular weight excluding hydrogens is 272 g/mol. The van der Waals surface area contributed by atoms with E-state index in [0.717, 1.165) is 5.69 Å². The molecule has 0 saturated heterocycles. The molecule has 21 heavy (non-hydrogen) atoms. The fourth-order valence-electron chi connectivity index (χ4n) is 1.80. The van der Waals surface area contributed by atoms with Crippen LogP contribution in [0.15, 0.2) is 6.07 Å². The number of esters is 2. The van der Waals surface area contributed by atoms with Gasteiger partial charge in [-0.1, -0.05) is 13.8 Å². The van der Waals surface area contributed by atoms with Gasteiger partial charge in [0, 0.05) is 11.4 Å². The quantitative estimate of drug-likeness (QED) is 0.590. The highest BCUT2D eigenvalue weighted by atomic mass is 16.6. The molecule has 0 fully saturated rings. The third kappa shape index (κ3) is 4.51. The average Bonchev–Trinajstić information content (AvgIpc) is 2.38. The highest BCUT2D eigenvalue weighted by molar-refractivity contribution is 6.00. The van der Waals surface area contributed by atoms with Gasteiger partial charge in [-0.3, -0.25) is 9.59 Å². The van der Waals surface area contributed by atoms with E-state index in [1.54, 1.807) is 20.8 Å². The van der Waals surface area contributed by atoms with Crippen LogP contribution in [0.4, 0.5) is 0 Å². The Bertz CT molecular complexity index is 496. The first-order valence-electron chi connectivity index (χ1n) is 7.09. The number of rotatable bonds is 6. The molecule has 0 atom stereocenters. The van der Waals surface area contributed by atoms with Crippen LogP contribution >= 0.6 is 0 Å². The number of hydrogen-bond donors (Lipinski definition) is 0. The topological polar surface area (TPSA) is 78.4 Å². The lowest BCUT2D eigenvalue weighted by atomic mass is 10.1. The van der Waals surface area contributed by atoms with Gasteiger partial charge in [0.25, 0.3) is 0 Å². The van der Waals surface area contributed by atoms with Crippen LogP contribution < -0.4 is 0 Å². The highest BCUT2D eigenvalue weighted by Crippen LogP contribution is 2.20. The molecule has 0 aliphatic carbocycles. The Morgan fingerprint density at radius 2 is 1.62 bits per heavy atom. The predicted octanol–water partition coefficient (Wildman–Crippen LogP) is 2.12. The Morgan fingerprint density at radius 3 is 2.05 bits per heavy atom. The summed E-state index contributed by atoms with van der Waals surface area (Å²) in [4.78, 5) is 32.6. The molecular formula is C15H22N2O4. The van der Waals surface area contributed by atoms with E-state index in [1.807, 2.05) is 19.9 Å². The lowest BCUT2D eigenvalue weighted by molar-refractivity contribution is -0.157. The van der Waals surface area contributed by atoms with Gasteiger partial charge in [0.2, 0.25) is 5.92 Å². The summed E-state index contributed by atoms with van der Waals surface area (Å²) in [6, 6.07) is 1.83. The molecule has 6 nitrogen and oxygen atoms in total. The number of ether oxygens (including phenoxy) is 2. The van der Waals surface area contributed by atoms with E-state index in [9.17, 15) is 9.59 Å². The zero-order valence-electron chi connectivity index (χ0n) is 13.2. The van der Waals surface area contributed by atoms with Crippen molar-refractivity contribution < 1.29 is 19.1 Å². The molecule has 1 heterocycles. The van der Waals surface area contributed by atoms with Crippen LogP contribution in [-0.2, 0) is 19.1 Å². The van der Waals surface area contributed by atoms with E-state index in [2.05, 4.69) is 9.97 Å². The Hall–Kier alpha value is -1.98. The Kier molecular flexibility index (Phi) is 6.27. The maximum Gasteiger partial charge on any atom is 0.328 e. The van der Waals surface area contributed by atoms with E-state index in [0.29, 0.717) is 5.69 Å². The Balaban J connectivity index is 3.24. The summed E-state index contributed by atoms with van der Waals surface area (Å²) in [6.45, 7) is 9.47. The zero-order chi connectivity index (χ0) is 16.0. The maximum absolute atomic E-state index is 12.0. The predicted molar refractivity (Wildman–Crippen MR) is 76.9 cm³/mol. The lowest BCUT2D eigenvalue weighted by Gasteiger charge is -2.15. The standard InChI is InChI=1S/C15H22N2O4/c1-6-20-14(18)12(15(19)21-7-2)13-16-10(5)8-11(17-13)9(3)4/h8-9,12H,6-7H2,1-5H3. The van der Waals surface area contributed by atoms with Gasteiger partial charge in [0.15, 0.2) is 5.82 Å². The van der Waals surface area contributed by atoms with Crippen molar-refractivity contribution in [3.8, 4) is 0 Å². The van der Waals surface area contributed by atoms with Crippen LogP contribution in [0.25, 0.3) is 0 Å². The molecule has 0 aromatic carbocycles. The van der Waals surface area contributed by atoms with Crippen molar-refractivity contribution in [3.05, 3.63) is 23.3 Å². The number of carbonyl (C=O) groups is 2. The summed E-state index contributed by atoms with van der Waals surface area (Å²) in [5.41, 5.74) is 1.47. The summed E-state index contributed by atoms with van der Waals surface area (Å²) in [7, 11) is 0. The van der Waals surface area contributed by atoms with Gasteiger partial charge in [-0.2, -0.15) is 0 Å². The molecule has 0 unspecified atom stereocenters. The van der Waals surface area contributed by atoms with Crippen molar-refractivity contribution in [2.45, 2.75) is 46.5 Å². The van der Waals surface area contributed by atoms with Crippen molar-refractivity contribution in [2.24, 2.45) is 0 Å². The van der Waals surface area contributed by atoms with Gasteiger partial charge in [-0.25, -0.2) is 9.97 Å². The first-order valence-corrected chi connectivity index (χ1v) is 7.09. The molecule has 0 aliphatic heterocycles. The van der Waals surface area contributed by atoms with Crippen molar-refractivity contribution in [3.63, 3.8) is 0 Å². The normalized spacial score (nSPS) is 10.8. The molecule has 116 valence electrons. The smallest absolute Gasteiger partial charge is 0.328 e. The second-order valence-electron chi connectivity index (χ2n) is 4.88. The molecule has 0 radical (unpaired) electrons. The van der Waals surface area contributed by atoms with E-state index in [4.69, 9.17) is 9.47 Å². The Morgan fingerprint density at radius 1 is 1.10 bits per heavy atom. The minimum absolute atomic E-state index is 0.135. The molecule has 0 amide bonds. The van der Waals surface area contributed by atoms with Gasteiger partial charge in [-0.15, -0.1) is 0 Å². The second kappa shape index (κ2) is 7.71. The maximum atomic E-state index is 12.0. The van der Waals surface area contributed by atoms with Crippen LogP contribution in [0.1, 0.15) is 56.7 Å². The summed E-state index contributed by atoms with van der Waals surface area (Å²) in [6.07, 6.45) is 0.